The first-order valence-electron chi connectivity index (χ1n) is 6.95. The van der Waals surface area contributed by atoms with Crippen molar-refractivity contribution in [2.24, 2.45) is 0 Å². The molecule has 1 aromatic heterocycles. The van der Waals surface area contributed by atoms with E-state index in [1.807, 2.05) is 24.3 Å². The number of allylic oxidation sites excluding steroid dienone is 1. The molecule has 0 radical (unpaired) electrons. The Labute approximate surface area is 133 Å². The van der Waals surface area contributed by atoms with Gasteiger partial charge >= 0.3 is 0 Å². The molecule has 2 N–H and O–H groups in total. The van der Waals surface area contributed by atoms with Crippen LogP contribution >= 0.6 is 0 Å². The third-order valence-electron chi connectivity index (χ3n) is 3.13. The van der Waals surface area contributed by atoms with Crippen molar-refractivity contribution in [3.63, 3.8) is 0 Å². The van der Waals surface area contributed by atoms with Crippen molar-refractivity contribution in [2.75, 3.05) is 6.79 Å². The van der Waals surface area contributed by atoms with Crippen LogP contribution in [0.15, 0.2) is 61.1 Å². The summed E-state index contributed by atoms with van der Waals surface area (Å²) in [5.74, 6) is 1.18. The highest BCUT2D eigenvalue weighted by molar-refractivity contribution is 5.93. The molecule has 6 heteroatoms. The fraction of sp³-hybridized carbons (Fsp3) is 0.0588. The maximum atomic E-state index is 11.8. The van der Waals surface area contributed by atoms with Crippen molar-refractivity contribution in [1.82, 2.24) is 15.8 Å². The second-order valence-corrected chi connectivity index (χ2v) is 4.79. The lowest BCUT2D eigenvalue weighted by molar-refractivity contribution is 0.0939. The molecule has 1 aliphatic heterocycles. The molecule has 1 amide bonds. The summed E-state index contributed by atoms with van der Waals surface area (Å²) in [6, 6.07) is 9.01. The van der Waals surface area contributed by atoms with Crippen LogP contribution < -0.4 is 20.3 Å². The molecule has 0 atom stereocenters. The smallest absolute Gasteiger partial charge is 0.271 e. The summed E-state index contributed by atoms with van der Waals surface area (Å²) in [6.45, 7) is 4.07. The molecule has 116 valence electrons. The average Bonchev–Trinajstić information content (AvgIpc) is 3.06. The highest BCUT2D eigenvalue weighted by Gasteiger charge is 2.12. The standard InChI is InChI=1S/C17H15N3O3/c1-12(19-20-17(21)14-3-2-8-18-10-14)4-5-13-6-7-15-16(9-13)23-11-22-15/h2-10,19H,1,11H2,(H,20,21). The van der Waals surface area contributed by atoms with Crippen LogP contribution in [0, 0.1) is 0 Å². The number of hydrogen-bond acceptors (Lipinski definition) is 5. The van der Waals surface area contributed by atoms with Crippen molar-refractivity contribution in [3.8, 4) is 11.5 Å². The second kappa shape index (κ2) is 6.65. The third-order valence-corrected chi connectivity index (χ3v) is 3.13. The fourth-order valence-electron chi connectivity index (χ4n) is 1.96. The number of carbonyl (C=O) groups excluding carboxylic acids is 1. The van der Waals surface area contributed by atoms with Gasteiger partial charge in [0, 0.05) is 18.1 Å². The molecular formula is C17H15N3O3. The minimum absolute atomic E-state index is 0.247. The quantitative estimate of drug-likeness (QED) is 0.655. The van der Waals surface area contributed by atoms with Crippen molar-refractivity contribution in [2.45, 2.75) is 0 Å². The normalized spacial score (nSPS) is 12.2. The summed E-state index contributed by atoms with van der Waals surface area (Å²) in [5.41, 5.74) is 7.24. The molecule has 3 rings (SSSR count). The Hall–Kier alpha value is -3.28. The number of aromatic nitrogens is 1. The molecule has 0 bridgehead atoms. The number of rotatable bonds is 5. The average molecular weight is 309 g/mol. The summed E-state index contributed by atoms with van der Waals surface area (Å²) in [6.07, 6.45) is 6.70. The van der Waals surface area contributed by atoms with Gasteiger partial charge in [0.2, 0.25) is 6.79 Å². The number of hydrazine groups is 1. The molecule has 2 heterocycles. The zero-order valence-electron chi connectivity index (χ0n) is 12.3. The molecule has 0 spiro atoms. The number of nitrogens with zero attached hydrogens (tertiary/aromatic N) is 1. The Morgan fingerprint density at radius 3 is 2.91 bits per heavy atom. The Kier molecular flexibility index (Phi) is 4.24. The van der Waals surface area contributed by atoms with Crippen LogP contribution in [0.2, 0.25) is 0 Å². The number of nitrogens with one attached hydrogen (secondary N) is 2. The second-order valence-electron chi connectivity index (χ2n) is 4.79. The van der Waals surface area contributed by atoms with Crippen molar-refractivity contribution < 1.29 is 14.3 Å². The lowest BCUT2D eigenvalue weighted by Crippen LogP contribution is -2.35. The van der Waals surface area contributed by atoms with Gasteiger partial charge in [0.15, 0.2) is 11.5 Å². The number of fused-ring (bicyclic) bond motifs is 1. The minimum atomic E-state index is -0.282. The topological polar surface area (TPSA) is 72.5 Å². The van der Waals surface area contributed by atoms with Crippen molar-refractivity contribution in [1.29, 1.82) is 0 Å². The maximum absolute atomic E-state index is 11.8. The Morgan fingerprint density at radius 2 is 2.09 bits per heavy atom. The van der Waals surface area contributed by atoms with E-state index < -0.39 is 0 Å². The molecule has 1 aromatic carbocycles. The molecule has 2 aromatic rings. The van der Waals surface area contributed by atoms with Gasteiger partial charge in [-0.15, -0.1) is 0 Å². The van der Waals surface area contributed by atoms with Gasteiger partial charge in [-0.25, -0.2) is 0 Å². The van der Waals surface area contributed by atoms with Gasteiger partial charge in [-0.1, -0.05) is 18.7 Å². The summed E-state index contributed by atoms with van der Waals surface area (Å²) in [4.78, 5) is 15.7. The molecule has 0 aliphatic carbocycles. The van der Waals surface area contributed by atoms with Crippen LogP contribution in [0.25, 0.3) is 6.08 Å². The minimum Gasteiger partial charge on any atom is -0.454 e. The summed E-state index contributed by atoms with van der Waals surface area (Å²) in [5, 5.41) is 0. The van der Waals surface area contributed by atoms with E-state index in [2.05, 4.69) is 22.4 Å². The van der Waals surface area contributed by atoms with E-state index in [4.69, 9.17) is 9.47 Å². The first-order valence-corrected chi connectivity index (χ1v) is 6.95. The summed E-state index contributed by atoms with van der Waals surface area (Å²) >= 11 is 0. The first-order chi connectivity index (χ1) is 11.2. The van der Waals surface area contributed by atoms with E-state index in [-0.39, 0.29) is 12.7 Å². The van der Waals surface area contributed by atoms with E-state index in [1.165, 1.54) is 6.20 Å². The molecule has 0 saturated carbocycles. The van der Waals surface area contributed by atoms with Crippen LogP contribution in [0.3, 0.4) is 0 Å². The number of benzene rings is 1. The van der Waals surface area contributed by atoms with E-state index >= 15 is 0 Å². The third kappa shape index (κ3) is 3.68. The van der Waals surface area contributed by atoms with Crippen LogP contribution in [-0.2, 0) is 0 Å². The highest BCUT2D eigenvalue weighted by Crippen LogP contribution is 2.32. The van der Waals surface area contributed by atoms with Gasteiger partial charge in [-0.05, 0) is 35.9 Å². The van der Waals surface area contributed by atoms with E-state index in [0.717, 1.165) is 17.1 Å². The number of ether oxygens (including phenoxy) is 2. The SMILES string of the molecule is C=C(C=Cc1ccc2c(c1)OCO2)NNC(=O)c1cccnc1. The zero-order chi connectivity index (χ0) is 16.1. The first kappa shape index (κ1) is 14.6. The predicted octanol–water partition coefficient (Wildman–Crippen LogP) is 2.27. The maximum Gasteiger partial charge on any atom is 0.271 e. The highest BCUT2D eigenvalue weighted by atomic mass is 16.7. The number of carbonyl (C=O) groups is 1. The van der Waals surface area contributed by atoms with E-state index in [9.17, 15) is 4.79 Å². The lowest BCUT2D eigenvalue weighted by atomic mass is 10.2. The van der Waals surface area contributed by atoms with Gasteiger partial charge in [0.1, 0.15) is 0 Å². The van der Waals surface area contributed by atoms with Crippen LogP contribution in [0.5, 0.6) is 11.5 Å². The van der Waals surface area contributed by atoms with Gasteiger partial charge in [0.25, 0.3) is 5.91 Å². The summed E-state index contributed by atoms with van der Waals surface area (Å²) < 4.78 is 10.6. The van der Waals surface area contributed by atoms with E-state index in [1.54, 1.807) is 24.4 Å². The molecule has 0 unspecified atom stereocenters. The molecule has 23 heavy (non-hydrogen) atoms. The fourth-order valence-corrected chi connectivity index (χ4v) is 1.96. The zero-order valence-corrected chi connectivity index (χ0v) is 12.3. The molecule has 1 aliphatic rings. The Balaban J connectivity index is 1.54. The van der Waals surface area contributed by atoms with E-state index in [0.29, 0.717) is 11.3 Å². The van der Waals surface area contributed by atoms with Gasteiger partial charge in [-0.3, -0.25) is 20.6 Å². The van der Waals surface area contributed by atoms with Crippen molar-refractivity contribution in [3.05, 3.63) is 72.2 Å². The summed E-state index contributed by atoms with van der Waals surface area (Å²) in [7, 11) is 0. The molecule has 0 fully saturated rings. The number of pyridine rings is 1. The van der Waals surface area contributed by atoms with Gasteiger partial charge in [0.05, 0.1) is 5.56 Å². The van der Waals surface area contributed by atoms with Crippen LogP contribution in [0.4, 0.5) is 0 Å². The lowest BCUT2D eigenvalue weighted by Gasteiger charge is -2.07. The van der Waals surface area contributed by atoms with Crippen molar-refractivity contribution >= 4 is 12.0 Å². The van der Waals surface area contributed by atoms with Crippen LogP contribution in [-0.4, -0.2) is 17.7 Å². The molecular weight excluding hydrogens is 294 g/mol. The number of hydrogen-bond donors (Lipinski definition) is 2. The Bertz CT molecular complexity index is 757. The molecule has 6 nitrogen and oxygen atoms in total. The predicted molar refractivity (Wildman–Crippen MR) is 85.6 cm³/mol. The largest absolute Gasteiger partial charge is 0.454 e. The molecule has 0 saturated heterocycles. The van der Waals surface area contributed by atoms with Gasteiger partial charge < -0.3 is 9.47 Å². The van der Waals surface area contributed by atoms with Gasteiger partial charge in [-0.2, -0.15) is 0 Å². The van der Waals surface area contributed by atoms with Crippen LogP contribution in [0.1, 0.15) is 15.9 Å². The Morgan fingerprint density at radius 1 is 1.22 bits per heavy atom. The number of amides is 1. The monoisotopic (exact) mass is 309 g/mol.